The number of hydrogen-bond donors (Lipinski definition) is 1. The summed E-state index contributed by atoms with van der Waals surface area (Å²) >= 11 is 4.86. The Labute approximate surface area is 148 Å². The number of hydrogen-bond acceptors (Lipinski definition) is 8. The van der Waals surface area contributed by atoms with Gasteiger partial charge < -0.3 is 23.3 Å². The Kier molecular flexibility index (Phi) is 11.9. The van der Waals surface area contributed by atoms with E-state index in [1.165, 1.54) is 0 Å². The Morgan fingerprint density at radius 1 is 1.00 bits per heavy atom. The summed E-state index contributed by atoms with van der Waals surface area (Å²) in [4.78, 5) is 16.0. The minimum atomic E-state index is -0.255. The molecule has 0 atom stereocenters. The summed E-state index contributed by atoms with van der Waals surface area (Å²) in [7, 11) is 0. The van der Waals surface area contributed by atoms with Crippen molar-refractivity contribution in [1.82, 2.24) is 9.80 Å². The first-order valence-corrected chi connectivity index (χ1v) is 9.68. The number of carbonyl (C=O) groups excluding carboxylic acids is 1. The van der Waals surface area contributed by atoms with Crippen molar-refractivity contribution in [1.29, 1.82) is 0 Å². The molecular weight excluding hydrogens is 340 g/mol. The van der Waals surface area contributed by atoms with Gasteiger partial charge in [-0.3, -0.25) is 4.90 Å². The van der Waals surface area contributed by atoms with Crippen molar-refractivity contribution in [3.8, 4) is 0 Å². The molecule has 23 heavy (non-hydrogen) atoms. The second kappa shape index (κ2) is 13.1. The maximum atomic E-state index is 11.9. The van der Waals surface area contributed by atoms with Crippen LogP contribution in [0.25, 0.3) is 0 Å². The van der Waals surface area contributed by atoms with Crippen LogP contribution in [-0.4, -0.2) is 87.8 Å². The zero-order valence-corrected chi connectivity index (χ0v) is 15.7. The number of amides is 1. The van der Waals surface area contributed by atoms with E-state index < -0.39 is 0 Å². The monoisotopic (exact) mass is 368 g/mol. The summed E-state index contributed by atoms with van der Waals surface area (Å²) in [6, 6.07) is 0.520. The van der Waals surface area contributed by atoms with E-state index in [1.54, 1.807) is 4.90 Å². The van der Waals surface area contributed by atoms with Gasteiger partial charge >= 0.3 is 6.09 Å². The quantitative estimate of drug-likeness (QED) is 0.258. The van der Waals surface area contributed by atoms with Crippen molar-refractivity contribution >= 4 is 28.8 Å². The number of piperazine rings is 1. The van der Waals surface area contributed by atoms with E-state index in [9.17, 15) is 4.79 Å². The van der Waals surface area contributed by atoms with Crippen molar-refractivity contribution in [2.75, 3.05) is 65.8 Å². The minimum absolute atomic E-state index is 0.255. The van der Waals surface area contributed by atoms with Gasteiger partial charge in [-0.05, 0) is 13.8 Å². The van der Waals surface area contributed by atoms with Gasteiger partial charge in [0.05, 0.1) is 44.1 Å². The van der Waals surface area contributed by atoms with Gasteiger partial charge in [0.1, 0.15) is 6.61 Å². The Bertz CT molecular complexity index is 316. The molecule has 0 N–H and O–H groups in total. The molecule has 9 heteroatoms. The van der Waals surface area contributed by atoms with Gasteiger partial charge in [-0.25, -0.2) is 4.79 Å². The van der Waals surface area contributed by atoms with Crippen molar-refractivity contribution in [3.63, 3.8) is 0 Å². The third-order valence-electron chi connectivity index (χ3n) is 3.49. The van der Waals surface area contributed by atoms with Crippen LogP contribution in [-0.2, 0) is 18.4 Å². The molecule has 1 aliphatic rings. The fraction of sp³-hybridized carbons (Fsp3) is 0.929. The second-order valence-electron chi connectivity index (χ2n) is 5.35. The van der Waals surface area contributed by atoms with Crippen molar-refractivity contribution in [2.24, 2.45) is 0 Å². The largest absolute Gasteiger partial charge is 0.447 e. The zero-order valence-electron chi connectivity index (χ0n) is 13.9. The highest BCUT2D eigenvalue weighted by atomic mass is 33.1. The second-order valence-corrected chi connectivity index (χ2v) is 6.18. The molecule has 1 saturated heterocycles. The van der Waals surface area contributed by atoms with Gasteiger partial charge in [0, 0.05) is 32.2 Å². The van der Waals surface area contributed by atoms with Gasteiger partial charge in [0.2, 0.25) is 0 Å². The number of carbonyl (C=O) groups is 1. The van der Waals surface area contributed by atoms with E-state index >= 15 is 0 Å². The van der Waals surface area contributed by atoms with Gasteiger partial charge in [-0.1, -0.05) is 11.7 Å². The number of thiol groups is 1. The van der Waals surface area contributed by atoms with Crippen LogP contribution < -0.4 is 0 Å². The summed E-state index contributed by atoms with van der Waals surface area (Å²) < 4.78 is 20.7. The molecule has 136 valence electrons. The van der Waals surface area contributed by atoms with Crippen molar-refractivity contribution < 1.29 is 23.2 Å². The average Bonchev–Trinajstić information content (AvgIpc) is 2.56. The highest BCUT2D eigenvalue weighted by Crippen LogP contribution is 2.07. The van der Waals surface area contributed by atoms with Gasteiger partial charge in [-0.2, -0.15) is 0 Å². The number of nitrogens with zero attached hydrogens (tertiary/aromatic N) is 2. The van der Waals surface area contributed by atoms with Crippen LogP contribution in [0.4, 0.5) is 4.79 Å². The topological polar surface area (TPSA) is 60.5 Å². The Hall–Kier alpha value is -0.190. The van der Waals surface area contributed by atoms with Crippen molar-refractivity contribution in [3.05, 3.63) is 0 Å². The van der Waals surface area contributed by atoms with Crippen LogP contribution in [0, 0.1) is 0 Å². The standard InChI is InChI=1S/C14H28N2O5S2/c1-13(2)15-3-5-16(6-4-15)14(17)20-11-9-18-7-8-19-10-12-21-23-22/h13,22H,3-12H2,1-2H3. The molecule has 1 heterocycles. The fourth-order valence-electron chi connectivity index (χ4n) is 2.15. The highest BCUT2D eigenvalue weighted by molar-refractivity contribution is 8.66. The molecule has 1 fully saturated rings. The molecule has 0 aliphatic carbocycles. The zero-order chi connectivity index (χ0) is 16.9. The van der Waals surface area contributed by atoms with Gasteiger partial charge in [0.15, 0.2) is 0 Å². The molecule has 0 aromatic rings. The summed E-state index contributed by atoms with van der Waals surface area (Å²) in [5, 5.41) is 0. The third kappa shape index (κ3) is 9.63. The minimum Gasteiger partial charge on any atom is -0.447 e. The molecular formula is C14H28N2O5S2. The summed E-state index contributed by atoms with van der Waals surface area (Å²) in [6.45, 7) is 10.2. The summed E-state index contributed by atoms with van der Waals surface area (Å²) in [5.41, 5.74) is 0. The molecule has 0 bridgehead atoms. The smallest absolute Gasteiger partial charge is 0.409 e. The molecule has 0 unspecified atom stereocenters. The van der Waals surface area contributed by atoms with Gasteiger partial charge in [-0.15, -0.1) is 0 Å². The van der Waals surface area contributed by atoms with Crippen LogP contribution in [0.3, 0.4) is 0 Å². The lowest BCUT2D eigenvalue weighted by atomic mass is 10.2. The van der Waals surface area contributed by atoms with Crippen LogP contribution in [0.15, 0.2) is 0 Å². The third-order valence-corrected chi connectivity index (χ3v) is 4.08. The normalized spacial score (nSPS) is 16.1. The molecule has 7 nitrogen and oxygen atoms in total. The molecule has 0 spiro atoms. The Balaban J connectivity index is 1.93. The predicted molar refractivity (Wildman–Crippen MR) is 93.8 cm³/mol. The van der Waals surface area contributed by atoms with E-state index in [0.717, 1.165) is 37.3 Å². The van der Waals surface area contributed by atoms with Crippen LogP contribution in [0.5, 0.6) is 0 Å². The molecule has 1 rings (SSSR count). The number of rotatable bonds is 11. The van der Waals surface area contributed by atoms with Crippen LogP contribution in [0.1, 0.15) is 13.8 Å². The van der Waals surface area contributed by atoms with E-state index in [2.05, 4.69) is 30.4 Å². The first kappa shape index (κ1) is 20.9. The van der Waals surface area contributed by atoms with E-state index in [1.807, 2.05) is 0 Å². The molecule has 0 radical (unpaired) electrons. The SMILES string of the molecule is CC(C)N1CCN(C(=O)OCCOCCOCCOSS)CC1. The molecule has 0 saturated carbocycles. The molecule has 1 aliphatic heterocycles. The lowest BCUT2D eigenvalue weighted by Gasteiger charge is -2.36. The molecule has 1 amide bonds. The maximum Gasteiger partial charge on any atom is 0.409 e. The lowest BCUT2D eigenvalue weighted by molar-refractivity contribution is 0.0137. The highest BCUT2D eigenvalue weighted by Gasteiger charge is 2.23. The average molecular weight is 369 g/mol. The predicted octanol–water partition coefficient (Wildman–Crippen LogP) is 1.69. The Morgan fingerprint density at radius 3 is 2.13 bits per heavy atom. The number of ether oxygens (including phenoxy) is 3. The van der Waals surface area contributed by atoms with E-state index in [4.69, 9.17) is 18.4 Å². The summed E-state index contributed by atoms with van der Waals surface area (Å²) in [6.07, 6.45) is -0.255. The first-order chi connectivity index (χ1) is 11.1. The Morgan fingerprint density at radius 2 is 1.57 bits per heavy atom. The lowest BCUT2D eigenvalue weighted by Crippen LogP contribution is -2.50. The van der Waals surface area contributed by atoms with E-state index in [0.29, 0.717) is 39.1 Å². The van der Waals surface area contributed by atoms with Crippen molar-refractivity contribution in [2.45, 2.75) is 19.9 Å². The van der Waals surface area contributed by atoms with Crippen LogP contribution >= 0.6 is 22.7 Å². The molecule has 0 aromatic heterocycles. The molecule has 0 aromatic carbocycles. The van der Waals surface area contributed by atoms with E-state index in [-0.39, 0.29) is 12.7 Å². The summed E-state index contributed by atoms with van der Waals surface area (Å²) in [5.74, 6) is 0. The van der Waals surface area contributed by atoms with Gasteiger partial charge in [0.25, 0.3) is 0 Å². The maximum absolute atomic E-state index is 11.9. The first-order valence-electron chi connectivity index (χ1n) is 7.89. The fourth-order valence-corrected chi connectivity index (χ4v) is 2.52. The van der Waals surface area contributed by atoms with Crippen LogP contribution in [0.2, 0.25) is 0 Å².